The SMILES string of the molecule is CC(C)(C)OC(=O)NCC(=O)N1CCCC1C(N)=O.CC(C)(C)OC(=O)NCC(=O)O.COC(=O)C1CCCN1.COC(=O)C1CCCN1C(=O)CNC(=O)OC(C)(C)C.Cl.Cl.Cl.N.NC(=O)C1CCCN1C(=O)CCC(=O)[C@@H](N)CO.NC(=O)C1CCCN1C(=O)CCC(=O)[C@H](CO)NC(=O)OCc1ccccc1.NCC(=O)N1CCCC1C(N)=O.O.O=C(N[C@@H](CO)C(=O)O)OCc1ccccc1. The zero-order chi connectivity index (χ0) is 102. The molecule has 0 radical (unpaired) electrons. The maximum Gasteiger partial charge on any atom is 0.408 e. The predicted molar refractivity (Wildman–Crippen MR) is 508 cm³/mol. The number of aliphatic carboxylic acids is 2. The Bertz CT molecular complexity index is 4230. The van der Waals surface area contributed by atoms with Crippen LogP contribution in [0.2, 0.25) is 0 Å². The molecule has 6 aliphatic heterocycles. The van der Waals surface area contributed by atoms with Crippen LogP contribution in [0.25, 0.3) is 0 Å². The average molecular weight is 2070 g/mol. The summed E-state index contributed by atoms with van der Waals surface area (Å²) in [5.74, 6) is -7.31. The van der Waals surface area contributed by atoms with E-state index in [1.165, 1.54) is 38.7 Å². The van der Waals surface area contributed by atoms with Crippen molar-refractivity contribution in [3.05, 3.63) is 71.8 Å². The molecule has 798 valence electrons. The monoisotopic (exact) mass is 2060 g/mol. The number of benzene rings is 2. The highest BCUT2D eigenvalue weighted by molar-refractivity contribution is 5.95. The number of esters is 2. The van der Waals surface area contributed by atoms with Crippen LogP contribution in [0.3, 0.4) is 0 Å². The molecule has 140 heavy (non-hydrogen) atoms. The number of alkyl carbamates (subject to hydrolysis) is 5. The number of aliphatic hydroxyl groups is 3. The lowest BCUT2D eigenvalue weighted by molar-refractivity contribution is -0.150. The minimum Gasteiger partial charge on any atom is -0.480 e. The molecule has 6 unspecified atom stereocenters. The van der Waals surface area contributed by atoms with Gasteiger partial charge >= 0.3 is 54.3 Å². The fraction of sp³-hybridized carbons (Fsp3) is 0.628. The van der Waals surface area contributed by atoms with Gasteiger partial charge in [0.15, 0.2) is 17.6 Å². The molecule has 6 aliphatic rings. The van der Waals surface area contributed by atoms with Gasteiger partial charge in [-0.3, -0.25) is 62.3 Å². The summed E-state index contributed by atoms with van der Waals surface area (Å²) >= 11 is 0. The molecule has 51 nitrogen and oxygen atoms in total. The Morgan fingerprint density at radius 2 is 0.729 bits per heavy atom. The highest BCUT2D eigenvalue weighted by atomic mass is 35.5. The number of primary amides is 4. The molecule has 6 fully saturated rings. The van der Waals surface area contributed by atoms with E-state index in [2.05, 4.69) is 36.1 Å². The van der Waals surface area contributed by atoms with E-state index in [0.29, 0.717) is 71.2 Å². The van der Waals surface area contributed by atoms with E-state index in [1.807, 2.05) is 17.4 Å². The van der Waals surface area contributed by atoms with E-state index in [4.69, 9.17) is 78.5 Å². The Balaban J connectivity index is -0.000000503. The van der Waals surface area contributed by atoms with Crippen LogP contribution in [0.5, 0.6) is 0 Å². The molecule has 14 amide bonds. The summed E-state index contributed by atoms with van der Waals surface area (Å²) in [5.41, 5.74) is 31.1. The van der Waals surface area contributed by atoms with Crippen molar-refractivity contribution in [2.45, 2.75) is 249 Å². The van der Waals surface area contributed by atoms with Crippen LogP contribution in [0, 0.1) is 0 Å². The number of methoxy groups -OCH3 is 2. The number of carboxylic acids is 2. The number of likely N-dealkylation sites (tertiary alicyclic amines) is 5. The molecule has 0 saturated carbocycles. The summed E-state index contributed by atoms with van der Waals surface area (Å²) in [6, 6.07) is 11.7. The number of amides is 14. The van der Waals surface area contributed by atoms with Gasteiger partial charge in [-0.1, -0.05) is 60.7 Å². The second-order valence-electron chi connectivity index (χ2n) is 33.6. The molecule has 2 aromatic rings. The number of ether oxygens (including phenoxy) is 7. The number of Topliss-reactive ketones (excluding diaryl/α,β-unsaturated/α-hetero) is 2. The number of hydrogen-bond donors (Lipinski definition) is 18. The average Bonchev–Trinajstić information content (AvgIpc) is 1.73. The van der Waals surface area contributed by atoms with Crippen molar-refractivity contribution in [2.75, 3.05) is 99.5 Å². The number of nitrogens with one attached hydrogen (secondary N) is 6. The van der Waals surface area contributed by atoms with Crippen molar-refractivity contribution in [1.29, 1.82) is 0 Å². The number of nitrogens with zero attached hydrogens (tertiary/aromatic N) is 5. The van der Waals surface area contributed by atoms with Gasteiger partial charge in [-0.05, 0) is 157 Å². The van der Waals surface area contributed by atoms with E-state index < -0.39 is 169 Å². The van der Waals surface area contributed by atoms with Crippen molar-refractivity contribution in [3.8, 4) is 0 Å². The number of ketones is 2. The number of carbonyl (C=O) groups is 20. The summed E-state index contributed by atoms with van der Waals surface area (Å²) in [5, 5.41) is 57.7. The third-order valence-electron chi connectivity index (χ3n) is 19.6. The second-order valence-corrected chi connectivity index (χ2v) is 33.6. The van der Waals surface area contributed by atoms with E-state index in [-0.39, 0.29) is 155 Å². The van der Waals surface area contributed by atoms with Crippen LogP contribution >= 0.6 is 37.2 Å². The molecule has 2 aromatic carbocycles. The van der Waals surface area contributed by atoms with Gasteiger partial charge < -0.3 is 161 Å². The topological polar surface area (TPSA) is 818 Å². The molecule has 9 atom stereocenters. The Labute approximate surface area is 830 Å². The van der Waals surface area contributed by atoms with Crippen LogP contribution < -0.4 is 72.5 Å². The molecule has 0 aliphatic carbocycles. The van der Waals surface area contributed by atoms with Crippen molar-refractivity contribution < 1.29 is 160 Å². The number of nitrogens with two attached hydrogens (primary N) is 6. The van der Waals surface area contributed by atoms with Crippen molar-refractivity contribution in [3.63, 3.8) is 0 Å². The zero-order valence-corrected chi connectivity index (χ0v) is 83.2. The fourth-order valence-electron chi connectivity index (χ4n) is 13.1. The Morgan fingerprint density at radius 3 is 1.02 bits per heavy atom. The lowest BCUT2D eigenvalue weighted by Gasteiger charge is -2.23. The van der Waals surface area contributed by atoms with Gasteiger partial charge in [0.25, 0.3) is 0 Å². The maximum absolute atomic E-state index is 12.2. The van der Waals surface area contributed by atoms with Gasteiger partial charge in [-0.25, -0.2) is 33.6 Å². The van der Waals surface area contributed by atoms with Gasteiger partial charge in [-0.2, -0.15) is 0 Å². The van der Waals surface area contributed by atoms with Crippen LogP contribution in [0.15, 0.2) is 60.7 Å². The largest absolute Gasteiger partial charge is 0.480 e. The van der Waals surface area contributed by atoms with Gasteiger partial charge in [0.2, 0.25) is 53.2 Å². The molecule has 6 heterocycles. The highest BCUT2D eigenvalue weighted by Crippen LogP contribution is 2.23. The van der Waals surface area contributed by atoms with Crippen LogP contribution in [0.1, 0.15) is 176 Å². The van der Waals surface area contributed by atoms with Gasteiger partial charge in [0.1, 0.15) is 91.9 Å². The van der Waals surface area contributed by atoms with Crippen molar-refractivity contribution in [2.24, 2.45) is 34.4 Å². The lowest BCUT2D eigenvalue weighted by Crippen LogP contribution is -2.48. The first kappa shape index (κ1) is 136. The number of hydrogen-bond acceptors (Lipinski definition) is 34. The number of aliphatic hydroxyl groups excluding tert-OH is 3. The van der Waals surface area contributed by atoms with E-state index in [0.717, 1.165) is 56.2 Å². The van der Waals surface area contributed by atoms with E-state index in [1.54, 1.807) is 111 Å². The predicted octanol–water partition coefficient (Wildman–Crippen LogP) is -1.22. The molecule has 0 spiro atoms. The lowest BCUT2D eigenvalue weighted by atomic mass is 10.1. The van der Waals surface area contributed by atoms with Crippen LogP contribution in [0.4, 0.5) is 24.0 Å². The smallest absolute Gasteiger partial charge is 0.408 e. The van der Waals surface area contributed by atoms with Crippen LogP contribution in [-0.2, 0) is 118 Å². The zero-order valence-electron chi connectivity index (χ0n) is 80.8. The summed E-state index contributed by atoms with van der Waals surface area (Å²) in [7, 11) is 2.71. The van der Waals surface area contributed by atoms with E-state index in [9.17, 15) is 101 Å². The molecular formula is C86H145Cl3N18O33. The first-order chi connectivity index (χ1) is 63.3. The third kappa shape index (κ3) is 56.1. The summed E-state index contributed by atoms with van der Waals surface area (Å²) < 4.78 is 33.8. The summed E-state index contributed by atoms with van der Waals surface area (Å²) in [4.78, 5) is 234. The number of rotatable bonds is 31. The molecule has 28 N–H and O–H groups in total. The fourth-order valence-corrected chi connectivity index (χ4v) is 13.1. The normalized spacial score (nSPS) is 17.3. The second kappa shape index (κ2) is 71.3. The summed E-state index contributed by atoms with van der Waals surface area (Å²) in [6.45, 7) is 16.5. The molecule has 6 saturated heterocycles. The highest BCUT2D eigenvalue weighted by Gasteiger charge is 2.39. The Hall–Kier alpha value is -12.2. The molecular weight excluding hydrogens is 1920 g/mol. The molecule has 8 rings (SSSR count). The number of halogens is 3. The quantitative estimate of drug-likeness (QED) is 0.0311. The first-order valence-electron chi connectivity index (χ1n) is 43.5. The minimum atomic E-state index is -1.35. The molecule has 0 aromatic heterocycles. The van der Waals surface area contributed by atoms with Gasteiger partial charge in [0.05, 0.1) is 46.6 Å². The first-order valence-corrected chi connectivity index (χ1v) is 43.5. The van der Waals surface area contributed by atoms with Crippen molar-refractivity contribution in [1.82, 2.24) is 62.6 Å². The standard InChI is InChI=1S/C19H25N3O6.C13H22N2O5.C12H21N3O4.C11H19N3O4.C11H13NO5.C7H13N3O2.C7H13NO4.C6H11NO2.3ClH.H3N.H2O/c20-18(26)15-7-4-10-22(15)17(25)9-8-16(24)14(11-23)21-19(27)28-12-13-5-2-1-3-6-13;1-13(2,3)20-12(18)14-8-10(16)15-7-5-6-9(15)11(17)19-4;1-12(2,3)19-11(18)14-7-9(16)15-6-4-5-8(15)10(13)17;12-7(6-15)9(16)3-4-10(17)14-5-1-2-8(14)11(13)18;13-6-9(10(14)15)12-11(16)17-7-8-4-2-1-3-5-8;8-4-6(11)10-3-1-2-5(10)7(9)12;1-7(2,3)12-6(11)8-4-5(9)10;1-9-6(8)5-3-2-4-7-5;;;;;/h1-3,5-6,14-15,23H,4,7-12H2,(H2,20,26)(H,21,27);9H,5-8H2,1-4H3,(H,14,18);8H,4-7H2,1-3H3,(H2,13,17)(H,14,18);7-8,15H,1-6,12H2,(H2,13,18);1-5,9,13H,6-7H2,(H,12,16)(H,14,15);5H,1-4,8H2,(H2,9,12);4H2,1-3H3,(H,8,11)(H,9,10);5,7H,2-4H2,1H3;3*1H;1H3;1H2/t14-,15?;;;7-,8?;9-;;;;;;;;/m0..00......../s1. The van der Waals surface area contributed by atoms with E-state index >= 15 is 0 Å². The van der Waals surface area contributed by atoms with Gasteiger partial charge in [0, 0.05) is 58.4 Å². The Morgan fingerprint density at radius 1 is 0.414 bits per heavy atom. The molecule has 0 bridgehead atoms. The maximum atomic E-state index is 12.2. The van der Waals surface area contributed by atoms with Crippen LogP contribution in [-0.4, -0.2) is 345 Å². The third-order valence-corrected chi connectivity index (χ3v) is 19.6. The number of carboxylic acid groups (broad SMARTS) is 2. The number of carbonyl (C=O) groups excluding carboxylic acids is 18. The van der Waals surface area contributed by atoms with Gasteiger partial charge in [-0.15, -0.1) is 37.2 Å². The summed E-state index contributed by atoms with van der Waals surface area (Å²) in [6.07, 6.45) is 4.60. The molecule has 54 heteroatoms. The minimum absolute atomic E-state index is 0. The Kier molecular flexibility index (Phi) is 69.4. The van der Waals surface area contributed by atoms with Crippen molar-refractivity contribution >= 4 is 156 Å².